The number of nitrogens with zero attached hydrogens (tertiary/aromatic N) is 1. The molecule has 0 saturated heterocycles. The van der Waals surface area contributed by atoms with Crippen molar-refractivity contribution in [1.29, 1.82) is 0 Å². The Bertz CT molecular complexity index is 613. The van der Waals surface area contributed by atoms with Crippen molar-refractivity contribution in [3.63, 3.8) is 0 Å². The first-order valence-corrected chi connectivity index (χ1v) is 7.22. The lowest BCUT2D eigenvalue weighted by molar-refractivity contribution is 0.0921. The minimum atomic E-state index is -0.353. The van der Waals surface area contributed by atoms with Crippen molar-refractivity contribution in [3.05, 3.63) is 21.5 Å². The summed E-state index contributed by atoms with van der Waals surface area (Å²) in [5.41, 5.74) is 6.10. The van der Waals surface area contributed by atoms with Crippen LogP contribution in [0.25, 0.3) is 10.6 Å². The van der Waals surface area contributed by atoms with E-state index in [1.165, 1.54) is 11.3 Å². The van der Waals surface area contributed by atoms with Crippen LogP contribution in [0.2, 0.25) is 0 Å². The maximum atomic E-state index is 12.2. The average Bonchev–Trinajstić information content (AvgIpc) is 2.81. The summed E-state index contributed by atoms with van der Waals surface area (Å²) in [5, 5.41) is 6.73. The van der Waals surface area contributed by atoms with Gasteiger partial charge in [0.15, 0.2) is 0 Å². The first kappa shape index (κ1) is 14.1. The summed E-state index contributed by atoms with van der Waals surface area (Å²) in [7, 11) is 0. The molecule has 0 aliphatic carbocycles. The lowest BCUT2D eigenvalue weighted by Gasteiger charge is -2.20. The molecule has 0 radical (unpaired) electrons. The van der Waals surface area contributed by atoms with Crippen LogP contribution < -0.4 is 11.1 Å². The number of aromatic nitrogens is 1. The molecule has 0 spiro atoms. The summed E-state index contributed by atoms with van der Waals surface area (Å²) in [4.78, 5) is 13.1. The van der Waals surface area contributed by atoms with E-state index in [1.54, 1.807) is 0 Å². The van der Waals surface area contributed by atoms with Gasteiger partial charge >= 0.3 is 0 Å². The van der Waals surface area contributed by atoms with Gasteiger partial charge in [0, 0.05) is 5.54 Å². The fourth-order valence-corrected chi connectivity index (χ4v) is 2.91. The summed E-state index contributed by atoms with van der Waals surface area (Å²) < 4.78 is 5.90. The van der Waals surface area contributed by atoms with Crippen molar-refractivity contribution in [1.82, 2.24) is 10.5 Å². The summed E-state index contributed by atoms with van der Waals surface area (Å²) >= 11 is 4.84. The molecule has 0 aliphatic rings. The van der Waals surface area contributed by atoms with Crippen LogP contribution in [0.5, 0.6) is 0 Å². The molecule has 102 valence electrons. The van der Waals surface area contributed by atoms with Gasteiger partial charge in [-0.1, -0.05) is 5.16 Å². The Morgan fingerprint density at radius 1 is 1.47 bits per heavy atom. The molecule has 7 heteroatoms. The Morgan fingerprint density at radius 3 is 2.68 bits per heavy atom. The highest BCUT2D eigenvalue weighted by atomic mass is 79.9. The minimum Gasteiger partial charge on any atom is -0.367 e. The SMILES string of the molecule is CC(C)(C)NC(=O)c1c(-c2ccc(Br)s2)noc1N. The number of hydrogen-bond donors (Lipinski definition) is 2. The van der Waals surface area contributed by atoms with Gasteiger partial charge in [0.05, 0.1) is 8.66 Å². The monoisotopic (exact) mass is 343 g/mol. The fraction of sp³-hybridized carbons (Fsp3) is 0.333. The van der Waals surface area contributed by atoms with Crippen LogP contribution >= 0.6 is 27.3 Å². The molecule has 0 aromatic carbocycles. The van der Waals surface area contributed by atoms with Crippen molar-refractivity contribution < 1.29 is 9.32 Å². The van der Waals surface area contributed by atoms with E-state index in [0.717, 1.165) is 8.66 Å². The molecule has 0 saturated carbocycles. The summed E-state index contributed by atoms with van der Waals surface area (Å²) in [6.07, 6.45) is 0. The van der Waals surface area contributed by atoms with Gasteiger partial charge in [0.25, 0.3) is 5.91 Å². The number of rotatable bonds is 2. The van der Waals surface area contributed by atoms with Gasteiger partial charge in [-0.05, 0) is 48.8 Å². The Balaban J connectivity index is 2.41. The van der Waals surface area contributed by atoms with Crippen molar-refractivity contribution in [3.8, 4) is 10.6 Å². The first-order valence-electron chi connectivity index (χ1n) is 5.61. The van der Waals surface area contributed by atoms with Crippen LogP contribution in [-0.4, -0.2) is 16.6 Å². The normalized spacial score (nSPS) is 11.6. The third kappa shape index (κ3) is 3.16. The van der Waals surface area contributed by atoms with Crippen LogP contribution in [0.3, 0.4) is 0 Å². The molecule has 19 heavy (non-hydrogen) atoms. The number of carbonyl (C=O) groups is 1. The second kappa shape index (κ2) is 4.97. The second-order valence-electron chi connectivity index (χ2n) is 5.08. The number of amides is 1. The van der Waals surface area contributed by atoms with E-state index >= 15 is 0 Å². The number of nitrogens with one attached hydrogen (secondary N) is 1. The van der Waals surface area contributed by atoms with Gasteiger partial charge < -0.3 is 15.6 Å². The number of nitrogen functional groups attached to an aromatic ring is 1. The van der Waals surface area contributed by atoms with E-state index in [-0.39, 0.29) is 22.9 Å². The van der Waals surface area contributed by atoms with Crippen LogP contribution in [0, 0.1) is 0 Å². The van der Waals surface area contributed by atoms with Crippen molar-refractivity contribution in [2.75, 3.05) is 5.73 Å². The third-order valence-corrected chi connectivity index (χ3v) is 3.87. The molecule has 0 bridgehead atoms. The average molecular weight is 344 g/mol. The standard InChI is InChI=1S/C12H14BrN3O2S/c1-12(2,3)15-11(17)8-9(16-18-10(8)14)6-4-5-7(13)19-6/h4-5H,14H2,1-3H3,(H,15,17). The Labute approximate surface area is 123 Å². The van der Waals surface area contributed by atoms with E-state index in [1.807, 2.05) is 32.9 Å². The van der Waals surface area contributed by atoms with E-state index in [2.05, 4.69) is 26.4 Å². The highest BCUT2D eigenvalue weighted by Gasteiger charge is 2.26. The van der Waals surface area contributed by atoms with Crippen LogP contribution in [-0.2, 0) is 0 Å². The lowest BCUT2D eigenvalue weighted by atomic mass is 10.1. The molecule has 0 unspecified atom stereocenters. The molecule has 2 rings (SSSR count). The van der Waals surface area contributed by atoms with Gasteiger partial charge in [0.1, 0.15) is 11.3 Å². The van der Waals surface area contributed by atoms with E-state index in [4.69, 9.17) is 10.3 Å². The zero-order valence-electron chi connectivity index (χ0n) is 10.8. The van der Waals surface area contributed by atoms with Crippen LogP contribution in [0.15, 0.2) is 20.4 Å². The maximum Gasteiger partial charge on any atom is 0.259 e. The molecule has 2 heterocycles. The number of thiophene rings is 1. The van der Waals surface area contributed by atoms with E-state index in [0.29, 0.717) is 5.69 Å². The van der Waals surface area contributed by atoms with E-state index in [9.17, 15) is 4.79 Å². The molecule has 0 aliphatic heterocycles. The zero-order valence-corrected chi connectivity index (χ0v) is 13.2. The van der Waals surface area contributed by atoms with Crippen molar-refractivity contribution >= 4 is 39.1 Å². The topological polar surface area (TPSA) is 81.2 Å². The Morgan fingerprint density at radius 2 is 2.16 bits per heavy atom. The second-order valence-corrected chi connectivity index (χ2v) is 7.54. The molecule has 5 nitrogen and oxygen atoms in total. The number of carbonyl (C=O) groups excluding carboxylic acids is 1. The zero-order chi connectivity index (χ0) is 14.2. The lowest BCUT2D eigenvalue weighted by Crippen LogP contribution is -2.40. The van der Waals surface area contributed by atoms with Crippen LogP contribution in [0.4, 0.5) is 5.88 Å². The quantitative estimate of drug-likeness (QED) is 0.876. The molecule has 2 aromatic heterocycles. The largest absolute Gasteiger partial charge is 0.367 e. The fourth-order valence-electron chi connectivity index (χ4n) is 1.54. The van der Waals surface area contributed by atoms with Gasteiger partial charge in [-0.3, -0.25) is 4.79 Å². The predicted octanol–water partition coefficient (Wildman–Crippen LogP) is 3.28. The molecule has 0 fully saturated rings. The number of nitrogens with two attached hydrogens (primary N) is 1. The summed E-state index contributed by atoms with van der Waals surface area (Å²) in [6.45, 7) is 5.70. The minimum absolute atomic E-state index is 0.0290. The number of halogens is 1. The molecule has 0 atom stereocenters. The predicted molar refractivity (Wildman–Crippen MR) is 79.1 cm³/mol. The van der Waals surface area contributed by atoms with Gasteiger partial charge in [-0.2, -0.15) is 0 Å². The molecule has 1 amide bonds. The Hall–Kier alpha value is -1.34. The van der Waals surface area contributed by atoms with Gasteiger partial charge in [-0.15, -0.1) is 11.3 Å². The van der Waals surface area contributed by atoms with Gasteiger partial charge in [-0.25, -0.2) is 0 Å². The van der Waals surface area contributed by atoms with E-state index < -0.39 is 0 Å². The van der Waals surface area contributed by atoms with Crippen molar-refractivity contribution in [2.45, 2.75) is 26.3 Å². The van der Waals surface area contributed by atoms with Gasteiger partial charge in [0.2, 0.25) is 5.88 Å². The Kier molecular flexibility index (Phi) is 3.69. The van der Waals surface area contributed by atoms with Crippen molar-refractivity contribution in [2.24, 2.45) is 0 Å². The van der Waals surface area contributed by atoms with Crippen LogP contribution in [0.1, 0.15) is 31.1 Å². The summed E-state index contributed by atoms with van der Waals surface area (Å²) in [5.74, 6) is -0.257. The maximum absolute atomic E-state index is 12.2. The molecule has 3 N–H and O–H groups in total. The summed E-state index contributed by atoms with van der Waals surface area (Å²) in [6, 6.07) is 3.75. The highest BCUT2D eigenvalue weighted by molar-refractivity contribution is 9.11. The highest BCUT2D eigenvalue weighted by Crippen LogP contribution is 2.34. The molecule has 2 aromatic rings. The smallest absolute Gasteiger partial charge is 0.259 e. The molecular formula is C12H14BrN3O2S. The number of anilines is 1. The molecular weight excluding hydrogens is 330 g/mol. The number of hydrogen-bond acceptors (Lipinski definition) is 5. The third-order valence-electron chi connectivity index (χ3n) is 2.24. The first-order chi connectivity index (χ1) is 8.78.